The van der Waals surface area contributed by atoms with Crippen molar-refractivity contribution in [1.82, 2.24) is 0 Å². The van der Waals surface area contributed by atoms with Crippen LogP contribution in [0, 0.1) is 12.3 Å². The van der Waals surface area contributed by atoms with Gasteiger partial charge in [0.25, 0.3) is 0 Å². The van der Waals surface area contributed by atoms with Crippen molar-refractivity contribution in [1.29, 1.82) is 0 Å². The lowest BCUT2D eigenvalue weighted by Crippen LogP contribution is -2.51. The van der Waals surface area contributed by atoms with E-state index in [0.29, 0.717) is 5.69 Å². The lowest BCUT2D eigenvalue weighted by atomic mass is 9.86. The molecule has 5 heteroatoms. The molecule has 0 aliphatic heterocycles. The van der Waals surface area contributed by atoms with E-state index >= 15 is 0 Å². The first-order chi connectivity index (χ1) is 9.12. The summed E-state index contributed by atoms with van der Waals surface area (Å²) in [4.78, 5) is 24.7. The molecule has 0 aromatic heterocycles. The summed E-state index contributed by atoms with van der Waals surface area (Å²) in [5.41, 5.74) is 7.10. The number of carbonyl (C=O) groups excluding carboxylic acids is 1. The number of benzene rings is 1. The van der Waals surface area contributed by atoms with Crippen LogP contribution >= 0.6 is 0 Å². The Kier molecular flexibility index (Phi) is 4.89. The van der Waals surface area contributed by atoms with Crippen molar-refractivity contribution in [2.45, 2.75) is 33.7 Å². The number of carboxylic acid groups (broad SMARTS) is 1. The summed E-state index contributed by atoms with van der Waals surface area (Å²) < 4.78 is 0. The van der Waals surface area contributed by atoms with E-state index < -0.39 is 24.0 Å². The third-order valence-corrected chi connectivity index (χ3v) is 3.10. The number of carboxylic acids is 1. The molecule has 0 unspecified atom stereocenters. The molecule has 1 atom stereocenters. The Morgan fingerprint density at radius 1 is 1.25 bits per heavy atom. The summed E-state index contributed by atoms with van der Waals surface area (Å²) in [5, 5.41) is 9.00. The Hall–Kier alpha value is -1.88. The van der Waals surface area contributed by atoms with Gasteiger partial charge in [0.15, 0.2) is 0 Å². The van der Waals surface area contributed by atoms with Crippen LogP contribution in [-0.2, 0) is 9.59 Å². The van der Waals surface area contributed by atoms with Gasteiger partial charge in [-0.25, -0.2) is 0 Å². The molecule has 0 spiro atoms. The Labute approximate surface area is 119 Å². The molecule has 0 heterocycles. The number of carbonyl (C=O) groups is 2. The van der Waals surface area contributed by atoms with Crippen LogP contribution in [-0.4, -0.2) is 29.6 Å². The monoisotopic (exact) mass is 278 g/mol. The summed E-state index contributed by atoms with van der Waals surface area (Å²) >= 11 is 0. The molecular weight excluding hydrogens is 256 g/mol. The van der Waals surface area contributed by atoms with Crippen molar-refractivity contribution in [3.8, 4) is 0 Å². The van der Waals surface area contributed by atoms with E-state index in [-0.39, 0.29) is 5.91 Å². The van der Waals surface area contributed by atoms with Crippen LogP contribution in [0.2, 0.25) is 0 Å². The highest BCUT2D eigenvalue weighted by Gasteiger charge is 2.32. The molecule has 20 heavy (non-hydrogen) atoms. The van der Waals surface area contributed by atoms with E-state index in [4.69, 9.17) is 10.8 Å². The Morgan fingerprint density at radius 2 is 1.75 bits per heavy atom. The summed E-state index contributed by atoms with van der Waals surface area (Å²) in [5.74, 6) is -1.45. The number of anilines is 1. The minimum atomic E-state index is -1.07. The van der Waals surface area contributed by atoms with Crippen LogP contribution in [0.3, 0.4) is 0 Å². The zero-order valence-corrected chi connectivity index (χ0v) is 12.4. The SMILES string of the molecule is Cc1ccc(N(CC(=O)O)C(=O)[C@@H](N)C(C)(C)C)cc1. The van der Waals surface area contributed by atoms with Gasteiger partial charge in [-0.2, -0.15) is 0 Å². The van der Waals surface area contributed by atoms with Gasteiger partial charge in [-0.05, 0) is 24.5 Å². The zero-order chi connectivity index (χ0) is 15.5. The van der Waals surface area contributed by atoms with E-state index in [0.717, 1.165) is 5.56 Å². The fraction of sp³-hybridized carbons (Fsp3) is 0.467. The molecule has 110 valence electrons. The minimum Gasteiger partial charge on any atom is -0.480 e. The average molecular weight is 278 g/mol. The Balaban J connectivity index is 3.09. The van der Waals surface area contributed by atoms with Gasteiger partial charge in [0.2, 0.25) is 5.91 Å². The Bertz CT molecular complexity index is 489. The molecule has 3 N–H and O–H groups in total. The van der Waals surface area contributed by atoms with E-state index in [1.807, 2.05) is 39.8 Å². The van der Waals surface area contributed by atoms with Crippen molar-refractivity contribution in [3.05, 3.63) is 29.8 Å². The maximum atomic E-state index is 12.4. The lowest BCUT2D eigenvalue weighted by molar-refractivity contribution is -0.137. The molecule has 0 bridgehead atoms. The highest BCUT2D eigenvalue weighted by atomic mass is 16.4. The molecule has 0 aliphatic rings. The van der Waals surface area contributed by atoms with Crippen LogP contribution in [0.25, 0.3) is 0 Å². The number of hydrogen-bond donors (Lipinski definition) is 2. The number of aryl methyl sites for hydroxylation is 1. The third-order valence-electron chi connectivity index (χ3n) is 3.10. The van der Waals surface area contributed by atoms with Gasteiger partial charge in [-0.1, -0.05) is 38.5 Å². The third kappa shape index (κ3) is 4.06. The summed E-state index contributed by atoms with van der Waals surface area (Å²) in [6.07, 6.45) is 0. The van der Waals surface area contributed by atoms with E-state index in [1.54, 1.807) is 12.1 Å². The van der Waals surface area contributed by atoms with Crippen molar-refractivity contribution in [3.63, 3.8) is 0 Å². The first kappa shape index (κ1) is 16.2. The second-order valence-electron chi connectivity index (χ2n) is 6.00. The van der Waals surface area contributed by atoms with E-state index in [2.05, 4.69) is 0 Å². The molecule has 0 aliphatic carbocycles. The molecule has 0 saturated carbocycles. The van der Waals surface area contributed by atoms with Gasteiger partial charge in [-0.3, -0.25) is 14.5 Å². The number of amides is 1. The van der Waals surface area contributed by atoms with Crippen molar-refractivity contribution >= 4 is 17.6 Å². The molecular formula is C15H22N2O3. The normalized spacial score (nSPS) is 12.8. The zero-order valence-electron chi connectivity index (χ0n) is 12.4. The highest BCUT2D eigenvalue weighted by molar-refractivity contribution is 6.00. The van der Waals surface area contributed by atoms with Crippen LogP contribution in [0.5, 0.6) is 0 Å². The molecule has 1 aromatic carbocycles. The van der Waals surface area contributed by atoms with Crippen molar-refractivity contribution in [2.24, 2.45) is 11.1 Å². The number of aliphatic carboxylic acids is 1. The molecule has 0 saturated heterocycles. The van der Waals surface area contributed by atoms with Gasteiger partial charge < -0.3 is 10.8 Å². The highest BCUT2D eigenvalue weighted by Crippen LogP contribution is 2.22. The summed E-state index contributed by atoms with van der Waals surface area (Å²) in [6, 6.07) is 6.36. The van der Waals surface area contributed by atoms with Crippen molar-refractivity contribution in [2.75, 3.05) is 11.4 Å². The second kappa shape index (κ2) is 6.05. The predicted octanol–water partition coefficient (Wildman–Crippen LogP) is 1.79. The fourth-order valence-corrected chi connectivity index (χ4v) is 1.69. The standard InChI is InChI=1S/C15H22N2O3/c1-10-5-7-11(8-6-10)17(9-12(18)19)14(20)13(16)15(2,3)4/h5-8,13H,9,16H2,1-4H3,(H,18,19)/t13-/m1/s1. The van der Waals surface area contributed by atoms with E-state index in [9.17, 15) is 9.59 Å². The van der Waals surface area contributed by atoms with Gasteiger partial charge in [-0.15, -0.1) is 0 Å². The molecule has 1 amide bonds. The quantitative estimate of drug-likeness (QED) is 0.879. The first-order valence-corrected chi connectivity index (χ1v) is 6.48. The van der Waals surface area contributed by atoms with Gasteiger partial charge in [0.05, 0.1) is 6.04 Å². The second-order valence-corrected chi connectivity index (χ2v) is 6.00. The number of nitrogens with zero attached hydrogens (tertiary/aromatic N) is 1. The van der Waals surface area contributed by atoms with Gasteiger partial charge in [0, 0.05) is 5.69 Å². The predicted molar refractivity (Wildman–Crippen MR) is 78.6 cm³/mol. The molecule has 0 fully saturated rings. The fourth-order valence-electron chi connectivity index (χ4n) is 1.69. The first-order valence-electron chi connectivity index (χ1n) is 6.48. The van der Waals surface area contributed by atoms with Gasteiger partial charge in [0.1, 0.15) is 6.54 Å². The molecule has 1 aromatic rings. The number of rotatable bonds is 4. The lowest BCUT2D eigenvalue weighted by Gasteiger charge is -2.31. The maximum absolute atomic E-state index is 12.4. The smallest absolute Gasteiger partial charge is 0.323 e. The molecule has 0 radical (unpaired) electrons. The summed E-state index contributed by atoms with van der Waals surface area (Å²) in [6.45, 7) is 7.08. The van der Waals surface area contributed by atoms with Gasteiger partial charge >= 0.3 is 5.97 Å². The maximum Gasteiger partial charge on any atom is 0.323 e. The van der Waals surface area contributed by atoms with Crippen LogP contribution in [0.1, 0.15) is 26.3 Å². The minimum absolute atomic E-state index is 0.385. The van der Waals surface area contributed by atoms with Crippen LogP contribution in [0.15, 0.2) is 24.3 Å². The molecule has 1 rings (SSSR count). The number of hydrogen-bond acceptors (Lipinski definition) is 3. The van der Waals surface area contributed by atoms with E-state index in [1.165, 1.54) is 4.90 Å². The average Bonchev–Trinajstić information content (AvgIpc) is 2.34. The summed E-state index contributed by atoms with van der Waals surface area (Å²) in [7, 11) is 0. The largest absolute Gasteiger partial charge is 0.480 e. The molecule has 5 nitrogen and oxygen atoms in total. The van der Waals surface area contributed by atoms with Crippen LogP contribution in [0.4, 0.5) is 5.69 Å². The van der Waals surface area contributed by atoms with Crippen molar-refractivity contribution < 1.29 is 14.7 Å². The van der Waals surface area contributed by atoms with Crippen LogP contribution < -0.4 is 10.6 Å². The number of nitrogens with two attached hydrogens (primary N) is 1. The Morgan fingerprint density at radius 3 is 2.15 bits per heavy atom. The topological polar surface area (TPSA) is 83.6 Å².